The maximum atomic E-state index is 10.9. The summed E-state index contributed by atoms with van der Waals surface area (Å²) in [5.74, 6) is -0.914. The first-order valence-corrected chi connectivity index (χ1v) is 6.26. The number of likely N-dealkylation sites (tertiary alicyclic amines) is 1. The fourth-order valence-corrected chi connectivity index (χ4v) is 2.48. The van der Waals surface area contributed by atoms with Crippen molar-refractivity contribution in [1.82, 2.24) is 9.80 Å². The summed E-state index contributed by atoms with van der Waals surface area (Å²) in [5.41, 5.74) is 0.769. The number of rotatable bonds is 4. The molecule has 0 saturated carbocycles. The third-order valence-electron chi connectivity index (χ3n) is 3.62. The first-order valence-electron chi connectivity index (χ1n) is 6.26. The molecule has 1 aliphatic heterocycles. The van der Waals surface area contributed by atoms with Crippen molar-refractivity contribution in [2.75, 3.05) is 27.2 Å². The molecule has 0 amide bonds. The Labute approximate surface area is 107 Å². The molecule has 0 radical (unpaired) electrons. The minimum atomic E-state index is -0.988. The molecule has 1 aromatic heterocycles. The standard InChI is InChI=1S/C13H20N2O3/c1-14(2)11-3-6-15(7-4-11)9-10-5-8-18-12(10)13(16)17/h5,8,11H,3-4,6-7,9H2,1-2H3,(H,16,17). The Morgan fingerprint density at radius 2 is 2.17 bits per heavy atom. The van der Waals surface area contributed by atoms with Crippen molar-refractivity contribution in [2.24, 2.45) is 0 Å². The minimum absolute atomic E-state index is 0.0738. The molecule has 1 fully saturated rings. The fraction of sp³-hybridized carbons (Fsp3) is 0.615. The lowest BCUT2D eigenvalue weighted by atomic mass is 10.0. The van der Waals surface area contributed by atoms with E-state index in [4.69, 9.17) is 9.52 Å². The van der Waals surface area contributed by atoms with Gasteiger partial charge in [-0.1, -0.05) is 0 Å². The average molecular weight is 252 g/mol. The second kappa shape index (κ2) is 5.54. The molecule has 100 valence electrons. The van der Waals surface area contributed by atoms with E-state index in [2.05, 4.69) is 23.9 Å². The highest BCUT2D eigenvalue weighted by atomic mass is 16.4. The van der Waals surface area contributed by atoms with Gasteiger partial charge in [-0.05, 0) is 46.1 Å². The highest BCUT2D eigenvalue weighted by Gasteiger charge is 2.22. The van der Waals surface area contributed by atoms with Crippen LogP contribution in [0.2, 0.25) is 0 Å². The first-order chi connectivity index (χ1) is 8.58. The summed E-state index contributed by atoms with van der Waals surface area (Å²) in [5, 5.41) is 8.98. The SMILES string of the molecule is CN(C)C1CCN(Cc2ccoc2C(=O)O)CC1. The van der Waals surface area contributed by atoms with Crippen LogP contribution in [-0.4, -0.2) is 54.1 Å². The van der Waals surface area contributed by atoms with Gasteiger partial charge in [-0.2, -0.15) is 0 Å². The van der Waals surface area contributed by atoms with Crippen LogP contribution in [-0.2, 0) is 6.54 Å². The van der Waals surface area contributed by atoms with E-state index in [0.717, 1.165) is 31.5 Å². The number of piperidine rings is 1. The summed E-state index contributed by atoms with van der Waals surface area (Å²) < 4.78 is 4.99. The number of carboxylic acids is 1. The maximum absolute atomic E-state index is 10.9. The molecule has 0 atom stereocenters. The van der Waals surface area contributed by atoms with Crippen LogP contribution in [0.1, 0.15) is 29.0 Å². The van der Waals surface area contributed by atoms with Gasteiger partial charge in [0.05, 0.1) is 6.26 Å². The smallest absolute Gasteiger partial charge is 0.372 e. The van der Waals surface area contributed by atoms with Crippen molar-refractivity contribution in [3.05, 3.63) is 23.7 Å². The summed E-state index contributed by atoms with van der Waals surface area (Å²) in [7, 11) is 4.22. The zero-order valence-electron chi connectivity index (χ0n) is 10.9. The topological polar surface area (TPSA) is 56.9 Å². The monoisotopic (exact) mass is 252 g/mol. The number of nitrogens with zero attached hydrogens (tertiary/aromatic N) is 2. The Hall–Kier alpha value is -1.33. The molecule has 5 heteroatoms. The molecule has 2 rings (SSSR count). The molecule has 0 aromatic carbocycles. The van der Waals surface area contributed by atoms with E-state index in [1.54, 1.807) is 6.07 Å². The van der Waals surface area contributed by atoms with Crippen molar-refractivity contribution >= 4 is 5.97 Å². The second-order valence-electron chi connectivity index (χ2n) is 5.05. The highest BCUT2D eigenvalue weighted by Crippen LogP contribution is 2.19. The van der Waals surface area contributed by atoms with E-state index in [1.807, 2.05) is 0 Å². The molecule has 0 aliphatic carbocycles. The Balaban J connectivity index is 1.91. The van der Waals surface area contributed by atoms with Gasteiger partial charge < -0.3 is 14.4 Å². The van der Waals surface area contributed by atoms with Crippen LogP contribution in [0.4, 0.5) is 0 Å². The van der Waals surface area contributed by atoms with E-state index >= 15 is 0 Å². The minimum Gasteiger partial charge on any atom is -0.475 e. The Morgan fingerprint density at radius 1 is 1.50 bits per heavy atom. The van der Waals surface area contributed by atoms with Crippen LogP contribution >= 0.6 is 0 Å². The van der Waals surface area contributed by atoms with Gasteiger partial charge in [-0.3, -0.25) is 4.90 Å². The zero-order chi connectivity index (χ0) is 13.1. The lowest BCUT2D eigenvalue weighted by Gasteiger charge is -2.35. The van der Waals surface area contributed by atoms with Gasteiger partial charge in [0.1, 0.15) is 0 Å². The molecular weight excluding hydrogens is 232 g/mol. The number of carboxylic acid groups (broad SMARTS) is 1. The van der Waals surface area contributed by atoms with Gasteiger partial charge in [0.2, 0.25) is 5.76 Å². The van der Waals surface area contributed by atoms with Gasteiger partial charge in [-0.15, -0.1) is 0 Å². The number of carbonyl (C=O) groups is 1. The van der Waals surface area contributed by atoms with E-state index in [-0.39, 0.29) is 5.76 Å². The predicted octanol–water partition coefficient (Wildman–Crippen LogP) is 1.50. The first kappa shape index (κ1) is 13.1. The Kier molecular flexibility index (Phi) is 4.04. The molecule has 5 nitrogen and oxygen atoms in total. The van der Waals surface area contributed by atoms with Crippen LogP contribution in [0, 0.1) is 0 Å². The lowest BCUT2D eigenvalue weighted by molar-refractivity contribution is 0.0657. The third kappa shape index (κ3) is 2.91. The second-order valence-corrected chi connectivity index (χ2v) is 5.05. The van der Waals surface area contributed by atoms with Gasteiger partial charge in [0, 0.05) is 18.2 Å². The molecule has 1 aromatic rings. The third-order valence-corrected chi connectivity index (χ3v) is 3.62. The molecule has 0 unspecified atom stereocenters. The van der Waals surface area contributed by atoms with Gasteiger partial charge in [0.15, 0.2) is 0 Å². The van der Waals surface area contributed by atoms with Gasteiger partial charge >= 0.3 is 5.97 Å². The highest BCUT2D eigenvalue weighted by molar-refractivity contribution is 5.86. The molecule has 0 bridgehead atoms. The van der Waals surface area contributed by atoms with E-state index in [0.29, 0.717) is 12.6 Å². The Morgan fingerprint density at radius 3 is 2.72 bits per heavy atom. The Bertz CT molecular complexity index is 406. The number of furan rings is 1. The van der Waals surface area contributed by atoms with Gasteiger partial charge in [0.25, 0.3) is 0 Å². The van der Waals surface area contributed by atoms with E-state index in [9.17, 15) is 4.79 Å². The normalized spacial score (nSPS) is 18.4. The summed E-state index contributed by atoms with van der Waals surface area (Å²) >= 11 is 0. The summed E-state index contributed by atoms with van der Waals surface area (Å²) in [6.45, 7) is 2.68. The van der Waals surface area contributed by atoms with Crippen molar-refractivity contribution in [3.8, 4) is 0 Å². The maximum Gasteiger partial charge on any atom is 0.372 e. The fourth-order valence-electron chi connectivity index (χ4n) is 2.48. The van der Waals surface area contributed by atoms with Gasteiger partial charge in [-0.25, -0.2) is 4.79 Å². The van der Waals surface area contributed by atoms with Crippen molar-refractivity contribution in [1.29, 1.82) is 0 Å². The molecular formula is C13H20N2O3. The summed E-state index contributed by atoms with van der Waals surface area (Å²) in [6.07, 6.45) is 3.71. The molecule has 1 aliphatic rings. The number of hydrogen-bond acceptors (Lipinski definition) is 4. The average Bonchev–Trinajstić information content (AvgIpc) is 2.78. The van der Waals surface area contributed by atoms with Crippen LogP contribution in [0.15, 0.2) is 16.7 Å². The molecule has 1 N–H and O–H groups in total. The van der Waals surface area contributed by atoms with Crippen LogP contribution in [0.3, 0.4) is 0 Å². The van der Waals surface area contributed by atoms with Crippen LogP contribution < -0.4 is 0 Å². The van der Waals surface area contributed by atoms with Crippen molar-refractivity contribution in [3.63, 3.8) is 0 Å². The summed E-state index contributed by atoms with van der Waals surface area (Å²) in [4.78, 5) is 15.5. The lowest BCUT2D eigenvalue weighted by Crippen LogP contribution is -2.41. The largest absolute Gasteiger partial charge is 0.475 e. The summed E-state index contributed by atoms with van der Waals surface area (Å²) in [6, 6.07) is 2.39. The molecule has 18 heavy (non-hydrogen) atoms. The molecule has 2 heterocycles. The molecule has 0 spiro atoms. The number of aromatic carboxylic acids is 1. The number of hydrogen-bond donors (Lipinski definition) is 1. The molecule has 1 saturated heterocycles. The quantitative estimate of drug-likeness (QED) is 0.880. The van der Waals surface area contributed by atoms with Crippen LogP contribution in [0.25, 0.3) is 0 Å². The van der Waals surface area contributed by atoms with Crippen molar-refractivity contribution in [2.45, 2.75) is 25.4 Å². The zero-order valence-corrected chi connectivity index (χ0v) is 10.9. The van der Waals surface area contributed by atoms with E-state index < -0.39 is 5.97 Å². The van der Waals surface area contributed by atoms with Crippen LogP contribution in [0.5, 0.6) is 0 Å². The predicted molar refractivity (Wildman–Crippen MR) is 67.7 cm³/mol. The van der Waals surface area contributed by atoms with Crippen molar-refractivity contribution < 1.29 is 14.3 Å². The van der Waals surface area contributed by atoms with E-state index in [1.165, 1.54) is 6.26 Å².